The first-order valence-electron chi connectivity index (χ1n) is 10.2. The molecule has 0 spiro atoms. The molecule has 0 amide bonds. The molecule has 0 atom stereocenters. The molecule has 31 heavy (non-hydrogen) atoms. The predicted octanol–water partition coefficient (Wildman–Crippen LogP) is 6.93. The van der Waals surface area contributed by atoms with Crippen molar-refractivity contribution in [3.63, 3.8) is 0 Å². The molecule has 0 aliphatic carbocycles. The number of rotatable bonds is 2. The summed E-state index contributed by atoms with van der Waals surface area (Å²) in [6, 6.07) is 1.55. The second-order valence-electron chi connectivity index (χ2n) is 9.02. The molecule has 1 aliphatic heterocycles. The van der Waals surface area contributed by atoms with Crippen molar-refractivity contribution in [3.8, 4) is 0 Å². The number of fused-ring (bicyclic) bond motifs is 1. The molecule has 3 nitrogen and oxygen atoms in total. The number of nitrogens with zero attached hydrogens (tertiary/aromatic N) is 1. The fourth-order valence-electron chi connectivity index (χ4n) is 4.25. The Morgan fingerprint density at radius 3 is 1.81 bits per heavy atom. The van der Waals surface area contributed by atoms with Crippen LogP contribution in [0.15, 0.2) is 11.1 Å². The zero-order valence-corrected chi connectivity index (χ0v) is 19.5. The van der Waals surface area contributed by atoms with Gasteiger partial charge < -0.3 is 4.74 Å². The number of carbonyl (C=O) groups is 1. The van der Waals surface area contributed by atoms with E-state index in [0.717, 1.165) is 22.3 Å². The van der Waals surface area contributed by atoms with Gasteiger partial charge in [-0.15, -0.1) is 0 Å². The van der Waals surface area contributed by atoms with Crippen molar-refractivity contribution in [2.24, 2.45) is 4.99 Å². The Balaban J connectivity index is 2.25. The normalized spacial score (nSPS) is 15.5. The molecule has 1 aliphatic rings. The van der Waals surface area contributed by atoms with Gasteiger partial charge in [-0.3, -0.25) is 0 Å². The number of benzene rings is 2. The van der Waals surface area contributed by atoms with E-state index in [2.05, 4.69) is 4.99 Å². The van der Waals surface area contributed by atoms with Crippen LogP contribution in [0.2, 0.25) is 0 Å². The fraction of sp³-hybridized carbons (Fsp3) is 0.440. The van der Waals surface area contributed by atoms with E-state index in [1.165, 1.54) is 13.8 Å². The van der Waals surface area contributed by atoms with Crippen LogP contribution >= 0.6 is 0 Å². The van der Waals surface area contributed by atoms with Gasteiger partial charge >= 0.3 is 12.1 Å². The number of hydrogen-bond acceptors (Lipinski definition) is 3. The van der Waals surface area contributed by atoms with E-state index in [-0.39, 0.29) is 11.5 Å². The number of cyclic esters (lactones) is 1. The highest BCUT2D eigenvalue weighted by atomic mass is 19.4. The zero-order chi connectivity index (χ0) is 23.6. The standard InChI is InChI=1S/C25H28F3NO2/c1-11-10-18(24(8,9)25(26,27)28)14(4)17(7)21(11)29-22-19-15(5)12(2)13(3)16(6)20(19)23(30)31-22/h10H,1-9H3/b29-22-. The molecule has 0 aromatic heterocycles. The van der Waals surface area contributed by atoms with E-state index in [1.807, 2.05) is 27.7 Å². The van der Waals surface area contributed by atoms with E-state index < -0.39 is 17.6 Å². The Bertz CT molecular complexity index is 1160. The van der Waals surface area contributed by atoms with Crippen LogP contribution in [0.5, 0.6) is 0 Å². The van der Waals surface area contributed by atoms with Gasteiger partial charge in [-0.2, -0.15) is 13.2 Å². The summed E-state index contributed by atoms with van der Waals surface area (Å²) in [4.78, 5) is 17.3. The molecule has 166 valence electrons. The Morgan fingerprint density at radius 1 is 0.774 bits per heavy atom. The van der Waals surface area contributed by atoms with E-state index in [9.17, 15) is 18.0 Å². The van der Waals surface area contributed by atoms with Crippen molar-refractivity contribution in [2.45, 2.75) is 73.9 Å². The van der Waals surface area contributed by atoms with E-state index >= 15 is 0 Å². The predicted molar refractivity (Wildman–Crippen MR) is 117 cm³/mol. The van der Waals surface area contributed by atoms with Gasteiger partial charge in [0.2, 0.25) is 5.90 Å². The van der Waals surface area contributed by atoms with E-state index in [1.54, 1.807) is 26.8 Å². The molecule has 0 unspecified atom stereocenters. The van der Waals surface area contributed by atoms with Crippen LogP contribution < -0.4 is 0 Å². The number of halogens is 3. The minimum Gasteiger partial charge on any atom is -0.403 e. The monoisotopic (exact) mass is 431 g/mol. The fourth-order valence-corrected chi connectivity index (χ4v) is 4.25. The number of ether oxygens (including phenoxy) is 1. The van der Waals surface area contributed by atoms with Crippen molar-refractivity contribution in [2.75, 3.05) is 0 Å². The third-order valence-electron chi connectivity index (χ3n) is 6.95. The highest BCUT2D eigenvalue weighted by molar-refractivity contribution is 6.19. The Hall–Kier alpha value is -2.63. The van der Waals surface area contributed by atoms with Gasteiger partial charge in [-0.1, -0.05) is 6.07 Å². The number of alkyl halides is 3. The molecule has 2 aromatic rings. The molecule has 0 saturated heterocycles. The first-order valence-corrected chi connectivity index (χ1v) is 10.2. The Labute approximate surface area is 181 Å². The van der Waals surface area contributed by atoms with E-state index in [0.29, 0.717) is 33.5 Å². The Morgan fingerprint density at radius 2 is 1.29 bits per heavy atom. The van der Waals surface area contributed by atoms with Crippen molar-refractivity contribution < 1.29 is 22.7 Å². The third-order valence-corrected chi connectivity index (χ3v) is 6.95. The summed E-state index contributed by atoms with van der Waals surface area (Å²) in [6.45, 7) is 15.3. The maximum atomic E-state index is 13.7. The summed E-state index contributed by atoms with van der Waals surface area (Å²) >= 11 is 0. The molecule has 0 bridgehead atoms. The van der Waals surface area contributed by atoms with E-state index in [4.69, 9.17) is 4.74 Å². The maximum Gasteiger partial charge on any atom is 0.397 e. The van der Waals surface area contributed by atoms with Crippen molar-refractivity contribution in [3.05, 3.63) is 61.7 Å². The summed E-state index contributed by atoms with van der Waals surface area (Å²) in [6.07, 6.45) is -4.38. The number of carbonyl (C=O) groups excluding carboxylic acids is 1. The lowest BCUT2D eigenvalue weighted by molar-refractivity contribution is -0.180. The summed E-state index contributed by atoms with van der Waals surface area (Å²) in [7, 11) is 0. The van der Waals surface area contributed by atoms with Crippen molar-refractivity contribution in [1.29, 1.82) is 0 Å². The highest BCUT2D eigenvalue weighted by Crippen LogP contribution is 2.45. The second kappa shape index (κ2) is 7.21. The molecular weight excluding hydrogens is 403 g/mol. The highest BCUT2D eigenvalue weighted by Gasteiger charge is 2.49. The minimum absolute atomic E-state index is 0.206. The molecule has 3 rings (SSSR count). The summed E-state index contributed by atoms with van der Waals surface area (Å²) in [5.41, 5.74) is 5.61. The lowest BCUT2D eigenvalue weighted by Crippen LogP contribution is -2.37. The molecular formula is C25H28F3NO2. The number of aryl methyl sites for hydroxylation is 1. The molecule has 0 N–H and O–H groups in total. The maximum absolute atomic E-state index is 13.7. The van der Waals surface area contributed by atoms with Gasteiger partial charge in [-0.05, 0) is 107 Å². The lowest BCUT2D eigenvalue weighted by Gasteiger charge is -2.31. The first-order chi connectivity index (χ1) is 14.1. The summed E-state index contributed by atoms with van der Waals surface area (Å²) in [5, 5.41) is 0. The van der Waals surface area contributed by atoms with Gasteiger partial charge in [0, 0.05) is 0 Å². The second-order valence-corrected chi connectivity index (χ2v) is 9.02. The van der Waals surface area contributed by atoms with Gasteiger partial charge in [0.15, 0.2) is 0 Å². The zero-order valence-electron chi connectivity index (χ0n) is 19.5. The summed E-state index contributed by atoms with van der Waals surface area (Å²) in [5.74, 6) is -0.239. The van der Waals surface area contributed by atoms with Gasteiger partial charge in [0.05, 0.1) is 22.2 Å². The molecule has 2 aromatic carbocycles. The average Bonchev–Trinajstić information content (AvgIpc) is 2.99. The van der Waals surface area contributed by atoms with Crippen LogP contribution in [-0.2, 0) is 10.2 Å². The van der Waals surface area contributed by atoms with Crippen molar-refractivity contribution in [1.82, 2.24) is 0 Å². The molecule has 0 radical (unpaired) electrons. The average molecular weight is 431 g/mol. The Kier molecular flexibility index (Phi) is 5.36. The smallest absolute Gasteiger partial charge is 0.397 e. The van der Waals surface area contributed by atoms with Crippen LogP contribution in [0.4, 0.5) is 18.9 Å². The van der Waals surface area contributed by atoms with Gasteiger partial charge in [0.25, 0.3) is 0 Å². The van der Waals surface area contributed by atoms with Crippen LogP contribution in [0.1, 0.15) is 74.3 Å². The van der Waals surface area contributed by atoms with Crippen LogP contribution in [0.25, 0.3) is 0 Å². The molecule has 0 saturated carbocycles. The first kappa shape index (κ1) is 23.0. The minimum atomic E-state index is -4.38. The SMILES string of the molecule is Cc1cc(C(C)(C)C(F)(F)F)c(C)c(C)c1/N=C1\OC(=O)c2c(C)c(C)c(C)c(C)c21. The van der Waals surface area contributed by atoms with Gasteiger partial charge in [0.1, 0.15) is 0 Å². The number of hydrogen-bond donors (Lipinski definition) is 0. The quantitative estimate of drug-likeness (QED) is 0.484. The van der Waals surface area contributed by atoms with Crippen molar-refractivity contribution >= 4 is 17.6 Å². The lowest BCUT2D eigenvalue weighted by atomic mass is 9.79. The molecule has 1 heterocycles. The molecule has 6 heteroatoms. The van der Waals surface area contributed by atoms with Crippen LogP contribution in [0.3, 0.4) is 0 Å². The van der Waals surface area contributed by atoms with Crippen LogP contribution in [-0.4, -0.2) is 18.0 Å². The number of aliphatic imine (C=N–C) groups is 1. The van der Waals surface area contributed by atoms with Crippen LogP contribution in [0, 0.1) is 48.5 Å². The summed E-state index contributed by atoms with van der Waals surface area (Å²) < 4.78 is 46.5. The number of esters is 1. The molecule has 0 fully saturated rings. The largest absolute Gasteiger partial charge is 0.403 e. The topological polar surface area (TPSA) is 38.7 Å². The third kappa shape index (κ3) is 3.36. The van der Waals surface area contributed by atoms with Gasteiger partial charge in [-0.25, -0.2) is 9.79 Å².